The zero-order valence-corrected chi connectivity index (χ0v) is 23.5. The lowest BCUT2D eigenvalue weighted by molar-refractivity contribution is -0.0654. The van der Waals surface area contributed by atoms with E-state index in [1.807, 2.05) is 59.5 Å². The van der Waals surface area contributed by atoms with Gasteiger partial charge in [-0.3, -0.25) is 4.90 Å². The quantitative estimate of drug-likeness (QED) is 0.479. The third kappa shape index (κ3) is 6.15. The topological polar surface area (TPSA) is 68.3 Å². The molecule has 2 amide bonds. The lowest BCUT2D eigenvalue weighted by Crippen LogP contribution is -2.69. The Morgan fingerprint density at radius 1 is 0.975 bits per heavy atom. The highest BCUT2D eigenvalue weighted by molar-refractivity contribution is 5.89. The van der Waals surface area contributed by atoms with Crippen LogP contribution in [0.5, 0.6) is 5.75 Å². The second-order valence-corrected chi connectivity index (χ2v) is 10.8. The van der Waals surface area contributed by atoms with Gasteiger partial charge in [-0.05, 0) is 74.6 Å². The number of urea groups is 1. The maximum atomic E-state index is 13.5. The molecule has 5 rings (SSSR count). The van der Waals surface area contributed by atoms with Crippen molar-refractivity contribution in [1.82, 2.24) is 14.7 Å². The van der Waals surface area contributed by atoms with Gasteiger partial charge in [0.15, 0.2) is 0 Å². The van der Waals surface area contributed by atoms with Crippen molar-refractivity contribution in [2.75, 3.05) is 52.8 Å². The molecule has 2 saturated heterocycles. The summed E-state index contributed by atoms with van der Waals surface area (Å²) in [6.07, 6.45) is 0.924. The van der Waals surface area contributed by atoms with Crippen LogP contribution in [0.4, 0.5) is 10.5 Å². The lowest BCUT2D eigenvalue weighted by Gasteiger charge is -2.57. The van der Waals surface area contributed by atoms with E-state index in [2.05, 4.69) is 65.3 Å². The zero-order chi connectivity index (χ0) is 28.1. The fraction of sp³-hybridized carbons (Fsp3) is 0.364. The second kappa shape index (κ2) is 12.6. The summed E-state index contributed by atoms with van der Waals surface area (Å²) in [6, 6.07) is 26.0. The fourth-order valence-corrected chi connectivity index (χ4v) is 5.89. The number of fused-ring (bicyclic) bond motifs is 1. The van der Waals surface area contributed by atoms with Gasteiger partial charge in [0.25, 0.3) is 0 Å². The molecule has 2 fully saturated rings. The van der Waals surface area contributed by atoms with Gasteiger partial charge >= 0.3 is 6.03 Å². The number of benzene rings is 3. The van der Waals surface area contributed by atoms with Crippen molar-refractivity contribution in [3.8, 4) is 17.6 Å². The smallest absolute Gasteiger partial charge is 0.321 e. The van der Waals surface area contributed by atoms with Crippen LogP contribution in [0.1, 0.15) is 29.0 Å². The van der Waals surface area contributed by atoms with E-state index < -0.39 is 0 Å². The van der Waals surface area contributed by atoms with Gasteiger partial charge in [0.1, 0.15) is 5.75 Å². The predicted molar refractivity (Wildman–Crippen MR) is 159 cm³/mol. The van der Waals surface area contributed by atoms with Crippen molar-refractivity contribution in [2.45, 2.75) is 30.5 Å². The third-order valence-corrected chi connectivity index (χ3v) is 8.21. The molecule has 3 aromatic carbocycles. The first-order valence-corrected chi connectivity index (χ1v) is 13.9. The van der Waals surface area contributed by atoms with Crippen molar-refractivity contribution < 1.29 is 14.6 Å². The molecule has 0 radical (unpaired) electrons. The standard InChI is InChI=1S/C33H38N4O3/c1-35(2)28-19-20-37-30(22-36(21-28)33(39)34-27-15-17-29(40-3)18-16-27)32(31(37)23-38)26-13-11-25(12-14-26)10-9-24-7-5-4-6-8-24/h4-8,11-18,28,30-32,38H,19-23H2,1-3H3,(H,34,39)/t28-,30-,31+,32?/m0/s1. The maximum absolute atomic E-state index is 13.5. The maximum Gasteiger partial charge on any atom is 0.321 e. The normalized spacial score (nSPS) is 22.7. The number of carbonyl (C=O) groups excluding carboxylic acids is 1. The number of nitrogens with one attached hydrogen (secondary N) is 1. The van der Waals surface area contributed by atoms with Crippen LogP contribution in [-0.2, 0) is 0 Å². The van der Waals surface area contributed by atoms with Gasteiger partial charge in [-0.25, -0.2) is 4.79 Å². The number of nitrogens with zero attached hydrogens (tertiary/aromatic N) is 3. The Balaban J connectivity index is 1.35. The van der Waals surface area contributed by atoms with E-state index in [0.29, 0.717) is 13.1 Å². The van der Waals surface area contributed by atoms with Crippen LogP contribution in [-0.4, -0.2) is 91.4 Å². The van der Waals surface area contributed by atoms with E-state index in [-0.39, 0.29) is 36.7 Å². The summed E-state index contributed by atoms with van der Waals surface area (Å²) in [7, 11) is 5.75. The number of rotatable bonds is 5. The predicted octanol–water partition coefficient (Wildman–Crippen LogP) is 4.09. The minimum Gasteiger partial charge on any atom is -0.497 e. The van der Waals surface area contributed by atoms with Crippen molar-refractivity contribution in [3.63, 3.8) is 0 Å². The molecule has 4 atom stereocenters. The van der Waals surface area contributed by atoms with Crippen LogP contribution >= 0.6 is 0 Å². The molecule has 7 nitrogen and oxygen atoms in total. The number of carbonyl (C=O) groups is 1. The lowest BCUT2D eigenvalue weighted by atomic mass is 9.74. The van der Waals surface area contributed by atoms with E-state index in [1.54, 1.807) is 7.11 Å². The van der Waals surface area contributed by atoms with Crippen molar-refractivity contribution >= 4 is 11.7 Å². The monoisotopic (exact) mass is 538 g/mol. The average molecular weight is 539 g/mol. The number of aliphatic hydroxyl groups excluding tert-OH is 1. The molecule has 0 saturated carbocycles. The fourth-order valence-electron chi connectivity index (χ4n) is 5.89. The minimum atomic E-state index is -0.114. The summed E-state index contributed by atoms with van der Waals surface area (Å²) in [6.45, 7) is 2.21. The minimum absolute atomic E-state index is 0.0265. The van der Waals surface area contributed by atoms with E-state index in [0.717, 1.165) is 35.5 Å². The Hall–Kier alpha value is -3.83. The summed E-state index contributed by atoms with van der Waals surface area (Å²) in [5.41, 5.74) is 3.85. The first-order chi connectivity index (χ1) is 19.5. The van der Waals surface area contributed by atoms with Crippen LogP contribution in [0.15, 0.2) is 78.9 Å². The van der Waals surface area contributed by atoms with Crippen LogP contribution in [0.25, 0.3) is 0 Å². The molecule has 40 heavy (non-hydrogen) atoms. The van der Waals surface area contributed by atoms with Gasteiger partial charge in [0.2, 0.25) is 0 Å². The number of ether oxygens (including phenoxy) is 1. The van der Waals surface area contributed by atoms with Crippen LogP contribution in [0.3, 0.4) is 0 Å². The van der Waals surface area contributed by atoms with Crippen LogP contribution in [0.2, 0.25) is 0 Å². The molecule has 208 valence electrons. The molecule has 7 heteroatoms. The molecule has 0 spiro atoms. The Labute approximate surface area is 237 Å². The molecule has 3 aromatic rings. The number of likely N-dealkylation sites (N-methyl/N-ethyl adjacent to an activating group) is 1. The van der Waals surface area contributed by atoms with Crippen molar-refractivity contribution in [3.05, 3.63) is 95.6 Å². The van der Waals surface area contributed by atoms with E-state index in [1.165, 1.54) is 5.56 Å². The summed E-state index contributed by atoms with van der Waals surface area (Å²) >= 11 is 0. The summed E-state index contributed by atoms with van der Waals surface area (Å²) in [4.78, 5) is 20.1. The van der Waals surface area contributed by atoms with Gasteiger partial charge in [-0.15, -0.1) is 0 Å². The van der Waals surface area contributed by atoms with E-state index in [9.17, 15) is 9.90 Å². The number of amides is 2. The highest BCUT2D eigenvalue weighted by atomic mass is 16.5. The number of anilines is 1. The van der Waals surface area contributed by atoms with Crippen molar-refractivity contribution in [2.24, 2.45) is 0 Å². The number of methoxy groups -OCH3 is 1. The molecule has 0 aliphatic carbocycles. The van der Waals surface area contributed by atoms with Crippen molar-refractivity contribution in [1.29, 1.82) is 0 Å². The largest absolute Gasteiger partial charge is 0.497 e. The molecule has 1 unspecified atom stereocenters. The molecular weight excluding hydrogens is 500 g/mol. The Morgan fingerprint density at radius 3 is 2.27 bits per heavy atom. The van der Waals surface area contributed by atoms with Gasteiger partial charge in [-0.1, -0.05) is 42.2 Å². The molecule has 0 bridgehead atoms. The van der Waals surface area contributed by atoms with Crippen LogP contribution in [0, 0.1) is 11.8 Å². The average Bonchev–Trinajstić information content (AvgIpc) is 2.96. The molecule has 2 N–H and O–H groups in total. The molecule has 2 aliphatic heterocycles. The number of aliphatic hydroxyl groups is 1. The highest BCUT2D eigenvalue weighted by Crippen LogP contribution is 2.42. The van der Waals surface area contributed by atoms with Gasteiger partial charge in [-0.2, -0.15) is 0 Å². The highest BCUT2D eigenvalue weighted by Gasteiger charge is 2.50. The third-order valence-electron chi connectivity index (χ3n) is 8.21. The van der Waals surface area contributed by atoms with Gasteiger partial charge in [0.05, 0.1) is 13.7 Å². The van der Waals surface area contributed by atoms with E-state index >= 15 is 0 Å². The Bertz CT molecular complexity index is 1330. The van der Waals surface area contributed by atoms with Gasteiger partial charge < -0.3 is 25.0 Å². The molecule has 2 heterocycles. The molecular formula is C33H38N4O3. The Kier molecular flexibility index (Phi) is 8.71. The summed E-state index contributed by atoms with van der Waals surface area (Å²) < 4.78 is 5.25. The SMILES string of the molecule is COc1ccc(NC(=O)N2C[C@@H](N(C)C)CCN3[C@H](CO)C(c4ccc(C#Cc5ccccc5)cc4)[C@@H]3C2)cc1. The molecule has 2 aliphatic rings. The first-order valence-electron chi connectivity index (χ1n) is 13.9. The van der Waals surface area contributed by atoms with Gasteiger partial charge in [0, 0.05) is 60.5 Å². The zero-order valence-electron chi connectivity index (χ0n) is 23.5. The summed E-state index contributed by atoms with van der Waals surface area (Å²) in [5, 5.41) is 13.5. The number of hydrogen-bond acceptors (Lipinski definition) is 5. The first kappa shape index (κ1) is 27.7. The summed E-state index contributed by atoms with van der Waals surface area (Å²) in [5.74, 6) is 7.34. The van der Waals surface area contributed by atoms with E-state index in [4.69, 9.17) is 4.74 Å². The Morgan fingerprint density at radius 2 is 1.65 bits per heavy atom. The number of hydrogen-bond donors (Lipinski definition) is 2. The second-order valence-electron chi connectivity index (χ2n) is 10.8. The van der Waals surface area contributed by atoms with Crippen LogP contribution < -0.4 is 10.1 Å². The molecule has 0 aromatic heterocycles.